The first kappa shape index (κ1) is 10.9. The number of ether oxygens (including phenoxy) is 1. The smallest absolute Gasteiger partial charge is 0.330 e. The first-order valence-electron chi connectivity index (χ1n) is 5.49. The largest absolute Gasteiger partial charge is 0.467 e. The highest BCUT2D eigenvalue weighted by atomic mass is 16.5. The monoisotopic (exact) mass is 217 g/mol. The van der Waals surface area contributed by atoms with Crippen molar-refractivity contribution >= 4 is 11.7 Å². The van der Waals surface area contributed by atoms with Crippen molar-refractivity contribution < 1.29 is 9.53 Å². The molecular weight excluding hydrogens is 202 g/mol. The summed E-state index contributed by atoms with van der Waals surface area (Å²) in [5, 5.41) is 0. The first-order valence-corrected chi connectivity index (χ1v) is 5.49. The van der Waals surface area contributed by atoms with Gasteiger partial charge in [-0.25, -0.2) is 4.79 Å². The number of rotatable bonds is 2. The van der Waals surface area contributed by atoms with Crippen molar-refractivity contribution in [2.75, 3.05) is 7.11 Å². The number of hydrogen-bond donors (Lipinski definition) is 0. The minimum atomic E-state index is -0.366. The van der Waals surface area contributed by atoms with Crippen LogP contribution in [0.25, 0.3) is 0 Å². The third-order valence-electron chi connectivity index (χ3n) is 2.86. The average Bonchev–Trinajstić information content (AvgIpc) is 2.36. The van der Waals surface area contributed by atoms with E-state index < -0.39 is 0 Å². The van der Waals surface area contributed by atoms with E-state index in [0.29, 0.717) is 6.42 Å². The van der Waals surface area contributed by atoms with E-state index in [4.69, 9.17) is 4.74 Å². The molecule has 1 aromatic rings. The lowest BCUT2D eigenvalue weighted by Crippen LogP contribution is -2.28. The molecule has 2 rings (SSSR count). The number of nitrogens with zero attached hydrogens (tertiary/aromatic N) is 1. The fourth-order valence-corrected chi connectivity index (χ4v) is 2.05. The van der Waals surface area contributed by atoms with Crippen molar-refractivity contribution in [1.82, 2.24) is 0 Å². The lowest BCUT2D eigenvalue weighted by Gasteiger charge is -2.21. The molecule has 0 aromatic heterocycles. The lowest BCUT2D eigenvalue weighted by molar-refractivity contribution is -0.142. The van der Waals surface area contributed by atoms with E-state index in [1.807, 2.05) is 12.1 Å². The summed E-state index contributed by atoms with van der Waals surface area (Å²) in [5.74, 6) is -0.250. The van der Waals surface area contributed by atoms with Crippen LogP contribution in [-0.4, -0.2) is 24.8 Å². The normalized spacial score (nSPS) is 18.6. The Morgan fingerprint density at radius 1 is 1.50 bits per heavy atom. The Morgan fingerprint density at radius 3 is 2.94 bits per heavy atom. The molecule has 1 aliphatic rings. The molecule has 0 N–H and O–H groups in total. The van der Waals surface area contributed by atoms with E-state index in [1.165, 1.54) is 18.2 Å². The molecule has 1 aromatic carbocycles. The molecule has 3 nitrogen and oxygen atoms in total. The molecule has 1 heterocycles. The number of benzene rings is 1. The summed E-state index contributed by atoms with van der Waals surface area (Å²) in [6.45, 7) is 2.05. The summed E-state index contributed by atoms with van der Waals surface area (Å²) >= 11 is 0. The number of carbonyl (C=O) groups is 1. The Labute approximate surface area is 95.2 Å². The fourth-order valence-electron chi connectivity index (χ4n) is 2.05. The number of esters is 1. The van der Waals surface area contributed by atoms with Gasteiger partial charge in [0.2, 0.25) is 0 Å². The molecule has 1 aliphatic heterocycles. The van der Waals surface area contributed by atoms with Crippen molar-refractivity contribution in [2.24, 2.45) is 4.99 Å². The maximum atomic E-state index is 11.5. The van der Waals surface area contributed by atoms with E-state index in [0.717, 1.165) is 12.1 Å². The molecule has 0 saturated heterocycles. The fraction of sp³-hybridized carbons (Fsp3) is 0.385. The molecule has 0 aliphatic carbocycles. The molecule has 0 amide bonds. The topological polar surface area (TPSA) is 38.7 Å². The molecule has 0 spiro atoms. The second-order valence-electron chi connectivity index (χ2n) is 3.83. The van der Waals surface area contributed by atoms with Gasteiger partial charge in [0.1, 0.15) is 0 Å². The first-order chi connectivity index (χ1) is 7.76. The highest BCUT2D eigenvalue weighted by Crippen LogP contribution is 2.21. The minimum absolute atomic E-state index is 0.250. The SMILES string of the molecule is CCC1=NC(C(=O)OC)Cc2ccccc21. The van der Waals surface area contributed by atoms with Gasteiger partial charge in [0.15, 0.2) is 6.04 Å². The lowest BCUT2D eigenvalue weighted by atomic mass is 9.92. The third kappa shape index (κ3) is 1.85. The number of hydrogen-bond acceptors (Lipinski definition) is 3. The molecule has 84 valence electrons. The molecular formula is C13H15NO2. The Morgan fingerprint density at radius 2 is 2.25 bits per heavy atom. The van der Waals surface area contributed by atoms with Crippen LogP contribution in [0, 0.1) is 0 Å². The van der Waals surface area contributed by atoms with Crippen molar-refractivity contribution in [2.45, 2.75) is 25.8 Å². The van der Waals surface area contributed by atoms with E-state index >= 15 is 0 Å². The van der Waals surface area contributed by atoms with Gasteiger partial charge in [-0.15, -0.1) is 0 Å². The molecule has 0 radical (unpaired) electrons. The van der Waals surface area contributed by atoms with E-state index in [9.17, 15) is 4.79 Å². The molecule has 3 heteroatoms. The summed E-state index contributed by atoms with van der Waals surface area (Å²) in [6, 6.07) is 7.74. The maximum absolute atomic E-state index is 11.5. The van der Waals surface area contributed by atoms with Gasteiger partial charge in [0.05, 0.1) is 7.11 Å². The van der Waals surface area contributed by atoms with E-state index in [2.05, 4.69) is 24.0 Å². The quantitative estimate of drug-likeness (QED) is 0.710. The summed E-state index contributed by atoms with van der Waals surface area (Å²) in [6.07, 6.45) is 1.48. The number of methoxy groups -OCH3 is 1. The van der Waals surface area contributed by atoms with Gasteiger partial charge in [-0.05, 0) is 17.5 Å². The van der Waals surface area contributed by atoms with E-state index in [-0.39, 0.29) is 12.0 Å². The van der Waals surface area contributed by atoms with Gasteiger partial charge in [0.25, 0.3) is 0 Å². The standard InChI is InChI=1S/C13H15NO2/c1-3-11-10-7-5-4-6-9(10)8-12(14-11)13(15)16-2/h4-7,12H,3,8H2,1-2H3. The van der Waals surface area contributed by atoms with Crippen LogP contribution in [0.4, 0.5) is 0 Å². The van der Waals surface area contributed by atoms with Crippen LogP contribution >= 0.6 is 0 Å². The van der Waals surface area contributed by atoms with Crippen LogP contribution < -0.4 is 0 Å². The van der Waals surface area contributed by atoms with Crippen LogP contribution in [0.15, 0.2) is 29.3 Å². The highest BCUT2D eigenvalue weighted by Gasteiger charge is 2.25. The number of carbonyl (C=O) groups excluding carboxylic acids is 1. The highest BCUT2D eigenvalue weighted by molar-refractivity contribution is 6.04. The van der Waals surface area contributed by atoms with Gasteiger partial charge < -0.3 is 4.74 Å². The summed E-state index contributed by atoms with van der Waals surface area (Å²) < 4.78 is 4.75. The zero-order chi connectivity index (χ0) is 11.5. The van der Waals surface area contributed by atoms with Gasteiger partial charge in [-0.2, -0.15) is 0 Å². The van der Waals surface area contributed by atoms with Crippen molar-refractivity contribution in [3.8, 4) is 0 Å². The number of aliphatic imine (C=N–C) groups is 1. The van der Waals surface area contributed by atoms with Crippen LogP contribution in [0.1, 0.15) is 24.5 Å². The predicted molar refractivity (Wildman–Crippen MR) is 62.8 cm³/mol. The van der Waals surface area contributed by atoms with Crippen LogP contribution in [-0.2, 0) is 16.0 Å². The van der Waals surface area contributed by atoms with Crippen LogP contribution in [0.2, 0.25) is 0 Å². The minimum Gasteiger partial charge on any atom is -0.467 e. The Bertz CT molecular complexity index is 437. The van der Waals surface area contributed by atoms with Crippen LogP contribution in [0.3, 0.4) is 0 Å². The van der Waals surface area contributed by atoms with Gasteiger partial charge in [-0.3, -0.25) is 4.99 Å². The summed E-state index contributed by atoms with van der Waals surface area (Å²) in [5.41, 5.74) is 3.35. The second-order valence-corrected chi connectivity index (χ2v) is 3.83. The summed E-state index contributed by atoms with van der Waals surface area (Å²) in [7, 11) is 1.41. The zero-order valence-corrected chi connectivity index (χ0v) is 9.56. The van der Waals surface area contributed by atoms with Crippen molar-refractivity contribution in [3.05, 3.63) is 35.4 Å². The van der Waals surface area contributed by atoms with Crippen molar-refractivity contribution in [3.63, 3.8) is 0 Å². The molecule has 1 unspecified atom stereocenters. The van der Waals surface area contributed by atoms with E-state index in [1.54, 1.807) is 0 Å². The Hall–Kier alpha value is -1.64. The molecule has 0 fully saturated rings. The molecule has 1 atom stereocenters. The van der Waals surface area contributed by atoms with Gasteiger partial charge in [0, 0.05) is 12.1 Å². The predicted octanol–water partition coefficient (Wildman–Crippen LogP) is 1.98. The van der Waals surface area contributed by atoms with Crippen molar-refractivity contribution in [1.29, 1.82) is 0 Å². The Balaban J connectivity index is 2.39. The molecule has 0 saturated carbocycles. The summed E-state index contributed by atoms with van der Waals surface area (Å²) in [4.78, 5) is 16.0. The van der Waals surface area contributed by atoms with Gasteiger partial charge in [-0.1, -0.05) is 31.2 Å². The molecule has 0 bridgehead atoms. The average molecular weight is 217 g/mol. The third-order valence-corrected chi connectivity index (χ3v) is 2.86. The zero-order valence-electron chi connectivity index (χ0n) is 9.56. The Kier molecular flexibility index (Phi) is 3.04. The number of fused-ring (bicyclic) bond motifs is 1. The van der Waals surface area contributed by atoms with Gasteiger partial charge >= 0.3 is 5.97 Å². The maximum Gasteiger partial charge on any atom is 0.330 e. The molecule has 16 heavy (non-hydrogen) atoms. The van der Waals surface area contributed by atoms with Crippen LogP contribution in [0.5, 0.6) is 0 Å². The second kappa shape index (κ2) is 4.47.